The van der Waals surface area contributed by atoms with Crippen LogP contribution in [0.4, 0.5) is 4.79 Å². The smallest absolute Gasteiger partial charge is 0.410 e. The first-order valence-electron chi connectivity index (χ1n) is 7.80. The molecule has 0 spiro atoms. The summed E-state index contributed by atoms with van der Waals surface area (Å²) in [7, 11) is 0. The minimum Gasteiger partial charge on any atom is -0.444 e. The monoisotopic (exact) mass is 295 g/mol. The zero-order valence-corrected chi connectivity index (χ0v) is 13.1. The van der Waals surface area contributed by atoms with E-state index >= 15 is 0 Å². The maximum absolute atomic E-state index is 12.4. The van der Waals surface area contributed by atoms with Crippen LogP contribution in [0.2, 0.25) is 0 Å². The van der Waals surface area contributed by atoms with Gasteiger partial charge in [-0.05, 0) is 46.5 Å². The molecule has 1 aliphatic carbocycles. The van der Waals surface area contributed by atoms with Gasteiger partial charge in [-0.2, -0.15) is 0 Å². The normalized spacial score (nSPS) is 29.8. The molecule has 1 saturated heterocycles. The van der Waals surface area contributed by atoms with Gasteiger partial charge >= 0.3 is 6.09 Å². The standard InChI is InChI=1S/C16H25NO4/c1-16(2,3)21-15(20)17-9-4-5-13(17)12-7-6-11(8-10-18)14(12)19/h10-13H,4-9H2,1-3H3/t11?,12?,13-/m0/s1. The molecule has 5 nitrogen and oxygen atoms in total. The van der Waals surface area contributed by atoms with Gasteiger partial charge in [0, 0.05) is 30.8 Å². The number of nitrogens with zero attached hydrogens (tertiary/aromatic N) is 1. The number of hydrogen-bond acceptors (Lipinski definition) is 4. The van der Waals surface area contributed by atoms with E-state index in [0.717, 1.165) is 32.0 Å². The van der Waals surface area contributed by atoms with E-state index in [9.17, 15) is 14.4 Å². The highest BCUT2D eigenvalue weighted by atomic mass is 16.6. The van der Waals surface area contributed by atoms with Crippen LogP contribution in [-0.4, -0.2) is 41.3 Å². The summed E-state index contributed by atoms with van der Waals surface area (Å²) in [6.45, 7) is 6.19. The summed E-state index contributed by atoms with van der Waals surface area (Å²) in [6.07, 6.45) is 4.12. The average molecular weight is 295 g/mol. The van der Waals surface area contributed by atoms with Gasteiger partial charge in [0.15, 0.2) is 0 Å². The molecule has 3 atom stereocenters. The molecule has 1 heterocycles. The molecule has 0 bridgehead atoms. The van der Waals surface area contributed by atoms with Gasteiger partial charge in [-0.1, -0.05) is 0 Å². The molecule has 0 aromatic carbocycles. The van der Waals surface area contributed by atoms with Crippen LogP contribution in [0, 0.1) is 11.8 Å². The zero-order valence-electron chi connectivity index (χ0n) is 13.1. The van der Waals surface area contributed by atoms with Gasteiger partial charge in [0.2, 0.25) is 0 Å². The van der Waals surface area contributed by atoms with Crippen molar-refractivity contribution in [1.82, 2.24) is 4.90 Å². The first-order chi connectivity index (χ1) is 9.83. The number of likely N-dealkylation sites (tertiary alicyclic amines) is 1. The number of aldehydes is 1. The number of carbonyl (C=O) groups is 3. The predicted molar refractivity (Wildman–Crippen MR) is 77.9 cm³/mol. The summed E-state index contributed by atoms with van der Waals surface area (Å²) in [5.74, 6) is -0.110. The fourth-order valence-electron chi connectivity index (χ4n) is 3.46. The van der Waals surface area contributed by atoms with E-state index in [0.29, 0.717) is 13.0 Å². The van der Waals surface area contributed by atoms with Crippen LogP contribution in [0.25, 0.3) is 0 Å². The van der Waals surface area contributed by atoms with Crippen LogP contribution >= 0.6 is 0 Å². The van der Waals surface area contributed by atoms with E-state index in [1.807, 2.05) is 20.8 Å². The van der Waals surface area contributed by atoms with E-state index in [4.69, 9.17) is 4.74 Å². The minimum atomic E-state index is -0.524. The zero-order chi connectivity index (χ0) is 15.6. The van der Waals surface area contributed by atoms with Crippen molar-refractivity contribution in [2.45, 2.75) is 64.5 Å². The Hall–Kier alpha value is -1.39. The molecule has 2 aliphatic rings. The molecular formula is C16H25NO4. The van der Waals surface area contributed by atoms with Crippen molar-refractivity contribution < 1.29 is 19.1 Å². The molecule has 0 N–H and O–H groups in total. The lowest BCUT2D eigenvalue weighted by molar-refractivity contribution is -0.126. The number of carbonyl (C=O) groups excluding carboxylic acids is 3. The van der Waals surface area contributed by atoms with Gasteiger partial charge in [0.1, 0.15) is 17.7 Å². The molecule has 1 amide bonds. The third-order valence-corrected chi connectivity index (χ3v) is 4.37. The van der Waals surface area contributed by atoms with Crippen molar-refractivity contribution in [3.63, 3.8) is 0 Å². The molecule has 0 aromatic heterocycles. The second-order valence-corrected chi connectivity index (χ2v) is 7.07. The fraction of sp³-hybridized carbons (Fsp3) is 0.812. The molecule has 0 radical (unpaired) electrons. The Morgan fingerprint density at radius 1 is 1.33 bits per heavy atom. The average Bonchev–Trinajstić information content (AvgIpc) is 2.95. The van der Waals surface area contributed by atoms with E-state index in [1.165, 1.54) is 0 Å². The molecule has 0 aromatic rings. The largest absolute Gasteiger partial charge is 0.444 e. The van der Waals surface area contributed by atoms with Gasteiger partial charge < -0.3 is 14.4 Å². The highest BCUT2D eigenvalue weighted by Crippen LogP contribution is 2.37. The first-order valence-corrected chi connectivity index (χ1v) is 7.80. The Morgan fingerprint density at radius 3 is 2.67 bits per heavy atom. The highest BCUT2D eigenvalue weighted by Gasteiger charge is 2.44. The van der Waals surface area contributed by atoms with Crippen LogP contribution in [0.15, 0.2) is 0 Å². The molecule has 1 saturated carbocycles. The summed E-state index contributed by atoms with van der Waals surface area (Å²) in [5, 5.41) is 0. The van der Waals surface area contributed by atoms with E-state index < -0.39 is 5.60 Å². The Morgan fingerprint density at radius 2 is 2.05 bits per heavy atom. The van der Waals surface area contributed by atoms with E-state index in [1.54, 1.807) is 4.90 Å². The number of amides is 1. The number of hydrogen-bond donors (Lipinski definition) is 0. The van der Waals surface area contributed by atoms with Crippen molar-refractivity contribution in [2.24, 2.45) is 11.8 Å². The van der Waals surface area contributed by atoms with Crippen molar-refractivity contribution in [1.29, 1.82) is 0 Å². The molecule has 1 aliphatic heterocycles. The highest BCUT2D eigenvalue weighted by molar-refractivity contribution is 5.88. The minimum absolute atomic E-state index is 0.0518. The summed E-state index contributed by atoms with van der Waals surface area (Å²) in [6, 6.07) is -0.0518. The number of Topliss-reactive ketones (excluding diaryl/α,β-unsaturated/α-hetero) is 1. The summed E-state index contributed by atoms with van der Waals surface area (Å²) in [5.41, 5.74) is -0.524. The van der Waals surface area contributed by atoms with E-state index in [-0.39, 0.29) is 29.8 Å². The van der Waals surface area contributed by atoms with Crippen molar-refractivity contribution in [3.05, 3.63) is 0 Å². The van der Waals surface area contributed by atoms with Gasteiger partial charge in [-0.25, -0.2) is 4.79 Å². The number of rotatable bonds is 3. The van der Waals surface area contributed by atoms with Crippen LogP contribution < -0.4 is 0 Å². The van der Waals surface area contributed by atoms with Crippen molar-refractivity contribution >= 4 is 18.2 Å². The maximum Gasteiger partial charge on any atom is 0.410 e. The molecule has 5 heteroatoms. The quantitative estimate of drug-likeness (QED) is 0.751. The van der Waals surface area contributed by atoms with Crippen LogP contribution in [-0.2, 0) is 14.3 Å². The molecule has 2 unspecified atom stereocenters. The summed E-state index contributed by atoms with van der Waals surface area (Å²) < 4.78 is 5.44. The lowest BCUT2D eigenvalue weighted by atomic mass is 9.93. The number of ether oxygens (including phenoxy) is 1. The van der Waals surface area contributed by atoms with E-state index in [2.05, 4.69) is 0 Å². The Bertz CT molecular complexity index is 426. The molecule has 2 rings (SSSR count). The van der Waals surface area contributed by atoms with Gasteiger partial charge in [-0.3, -0.25) is 4.79 Å². The van der Waals surface area contributed by atoms with Gasteiger partial charge in [0.05, 0.1) is 0 Å². The second kappa shape index (κ2) is 6.16. The lowest BCUT2D eigenvalue weighted by Gasteiger charge is -2.31. The molecular weight excluding hydrogens is 270 g/mol. The fourth-order valence-corrected chi connectivity index (χ4v) is 3.46. The lowest BCUT2D eigenvalue weighted by Crippen LogP contribution is -2.44. The summed E-state index contributed by atoms with van der Waals surface area (Å²) >= 11 is 0. The Balaban J connectivity index is 2.04. The van der Waals surface area contributed by atoms with Crippen LogP contribution in [0.5, 0.6) is 0 Å². The topological polar surface area (TPSA) is 63.7 Å². The van der Waals surface area contributed by atoms with Gasteiger partial charge in [-0.15, -0.1) is 0 Å². The maximum atomic E-state index is 12.4. The third-order valence-electron chi connectivity index (χ3n) is 4.37. The first kappa shape index (κ1) is 16.0. The van der Waals surface area contributed by atoms with Crippen LogP contribution in [0.3, 0.4) is 0 Å². The summed E-state index contributed by atoms with van der Waals surface area (Å²) in [4.78, 5) is 37.0. The van der Waals surface area contributed by atoms with Crippen LogP contribution in [0.1, 0.15) is 52.9 Å². The number of ketones is 1. The van der Waals surface area contributed by atoms with Crippen molar-refractivity contribution in [3.8, 4) is 0 Å². The SMILES string of the molecule is CC(C)(C)OC(=O)N1CCC[C@H]1C1CCC(CC=O)C1=O. The Kier molecular flexibility index (Phi) is 4.69. The predicted octanol–water partition coefficient (Wildman–Crippen LogP) is 2.57. The Labute approximate surface area is 126 Å². The van der Waals surface area contributed by atoms with Crippen molar-refractivity contribution in [2.75, 3.05) is 6.54 Å². The molecule has 118 valence electrons. The van der Waals surface area contributed by atoms with Gasteiger partial charge in [0.25, 0.3) is 0 Å². The molecule has 21 heavy (non-hydrogen) atoms. The third kappa shape index (κ3) is 3.63. The molecule has 2 fully saturated rings. The second-order valence-electron chi connectivity index (χ2n) is 7.07.